The number of H-pyrrole nitrogens is 1. The fourth-order valence-electron chi connectivity index (χ4n) is 1.68. The van der Waals surface area contributed by atoms with Crippen LogP contribution in [0.15, 0.2) is 30.6 Å². The number of carbonyl (C=O) groups is 2. The molecule has 2 aromatic rings. The molecule has 0 spiro atoms. The van der Waals surface area contributed by atoms with Crippen LogP contribution in [-0.2, 0) is 4.79 Å². The van der Waals surface area contributed by atoms with E-state index in [4.69, 9.17) is 11.6 Å². The van der Waals surface area contributed by atoms with Crippen molar-refractivity contribution in [3.8, 4) is 0 Å². The Bertz CT molecular complexity index is 629. The summed E-state index contributed by atoms with van der Waals surface area (Å²) < 4.78 is 0. The van der Waals surface area contributed by atoms with Gasteiger partial charge in [-0.25, -0.2) is 4.98 Å². The number of aromatic amines is 1. The third-order valence-corrected chi connectivity index (χ3v) is 2.95. The molecule has 0 radical (unpaired) electrons. The molecule has 0 aliphatic heterocycles. The average molecular weight is 308 g/mol. The van der Waals surface area contributed by atoms with E-state index in [9.17, 15) is 9.59 Å². The molecule has 110 valence electrons. The minimum Gasteiger partial charge on any atom is -0.345 e. The lowest BCUT2D eigenvalue weighted by Gasteiger charge is -2.11. The molecule has 0 saturated carbocycles. The highest BCUT2D eigenvalue weighted by Gasteiger charge is 2.13. The lowest BCUT2D eigenvalue weighted by Crippen LogP contribution is -2.38. The third-order valence-electron chi connectivity index (χ3n) is 2.72. The quantitative estimate of drug-likeness (QED) is 0.769. The van der Waals surface area contributed by atoms with Gasteiger partial charge in [0.2, 0.25) is 5.91 Å². The number of benzene rings is 1. The first-order chi connectivity index (χ1) is 10.1. The number of hydrogen-bond acceptors (Lipinski definition) is 4. The van der Waals surface area contributed by atoms with Crippen molar-refractivity contribution in [3.63, 3.8) is 0 Å². The molecule has 1 heterocycles. The van der Waals surface area contributed by atoms with E-state index >= 15 is 0 Å². The van der Waals surface area contributed by atoms with Crippen LogP contribution >= 0.6 is 11.6 Å². The minimum atomic E-state index is -0.361. The highest BCUT2D eigenvalue weighted by atomic mass is 35.5. The molecule has 2 rings (SSSR count). The zero-order valence-corrected chi connectivity index (χ0v) is 12.0. The van der Waals surface area contributed by atoms with Gasteiger partial charge in [-0.15, -0.1) is 0 Å². The highest BCUT2D eigenvalue weighted by Crippen LogP contribution is 2.10. The van der Waals surface area contributed by atoms with Crippen LogP contribution in [-0.4, -0.2) is 33.5 Å². The third kappa shape index (κ3) is 4.28. The molecule has 2 amide bonds. The Hall–Kier alpha value is -2.41. The second-order valence-electron chi connectivity index (χ2n) is 4.35. The monoisotopic (exact) mass is 307 g/mol. The largest absolute Gasteiger partial charge is 0.345 e. The Labute approximate surface area is 126 Å². The van der Waals surface area contributed by atoms with E-state index in [1.807, 2.05) is 0 Å². The molecule has 0 saturated heterocycles. The molecule has 0 aliphatic carbocycles. The smallest absolute Gasteiger partial charge is 0.251 e. The van der Waals surface area contributed by atoms with Crippen LogP contribution in [0.3, 0.4) is 0 Å². The maximum absolute atomic E-state index is 11.8. The first-order valence-electron chi connectivity index (χ1n) is 6.24. The van der Waals surface area contributed by atoms with Crippen molar-refractivity contribution in [2.24, 2.45) is 0 Å². The summed E-state index contributed by atoms with van der Waals surface area (Å²) in [6.45, 7) is 1.63. The van der Waals surface area contributed by atoms with Gasteiger partial charge in [-0.1, -0.05) is 17.7 Å². The molecule has 0 aliphatic rings. The van der Waals surface area contributed by atoms with Crippen molar-refractivity contribution in [3.05, 3.63) is 47.0 Å². The predicted molar refractivity (Wildman–Crippen MR) is 76.7 cm³/mol. The van der Waals surface area contributed by atoms with E-state index in [0.29, 0.717) is 16.4 Å². The van der Waals surface area contributed by atoms with Gasteiger partial charge < -0.3 is 10.6 Å². The molecule has 21 heavy (non-hydrogen) atoms. The van der Waals surface area contributed by atoms with Gasteiger partial charge in [0.1, 0.15) is 12.2 Å². The standard InChI is InChI=1S/C13H14ClN5O2/c1-8(12-16-7-17-19-12)18-11(20)6-15-13(21)9-3-2-4-10(14)5-9/h2-5,7-8H,6H2,1H3,(H,15,21)(H,18,20)(H,16,17,19). The zero-order chi connectivity index (χ0) is 15.2. The fraction of sp³-hybridized carbons (Fsp3) is 0.231. The summed E-state index contributed by atoms with van der Waals surface area (Å²) in [6, 6.07) is 6.18. The van der Waals surface area contributed by atoms with E-state index in [2.05, 4.69) is 25.8 Å². The molecule has 1 aromatic carbocycles. The van der Waals surface area contributed by atoms with Gasteiger partial charge in [0, 0.05) is 10.6 Å². The fourth-order valence-corrected chi connectivity index (χ4v) is 1.87. The Morgan fingerprint density at radius 3 is 2.90 bits per heavy atom. The van der Waals surface area contributed by atoms with Crippen molar-refractivity contribution < 1.29 is 9.59 Å². The first kappa shape index (κ1) is 15.0. The van der Waals surface area contributed by atoms with Gasteiger partial charge in [-0.3, -0.25) is 14.7 Å². The van der Waals surface area contributed by atoms with Crippen LogP contribution in [0.1, 0.15) is 29.1 Å². The van der Waals surface area contributed by atoms with Gasteiger partial charge in [0.05, 0.1) is 12.6 Å². The molecule has 0 bridgehead atoms. The van der Waals surface area contributed by atoms with Crippen molar-refractivity contribution in [2.45, 2.75) is 13.0 Å². The second-order valence-corrected chi connectivity index (χ2v) is 4.79. The molecule has 7 nitrogen and oxygen atoms in total. The Morgan fingerprint density at radius 2 is 2.24 bits per heavy atom. The molecule has 8 heteroatoms. The van der Waals surface area contributed by atoms with E-state index in [1.165, 1.54) is 12.4 Å². The minimum absolute atomic E-state index is 0.135. The number of nitrogens with one attached hydrogen (secondary N) is 3. The zero-order valence-electron chi connectivity index (χ0n) is 11.3. The van der Waals surface area contributed by atoms with Crippen LogP contribution in [0, 0.1) is 0 Å². The van der Waals surface area contributed by atoms with Crippen molar-refractivity contribution in [1.82, 2.24) is 25.8 Å². The Balaban J connectivity index is 1.82. The number of hydrogen-bond donors (Lipinski definition) is 3. The summed E-state index contributed by atoms with van der Waals surface area (Å²) in [6.07, 6.45) is 1.36. The summed E-state index contributed by atoms with van der Waals surface area (Å²) in [7, 11) is 0. The van der Waals surface area contributed by atoms with Gasteiger partial charge in [-0.2, -0.15) is 5.10 Å². The lowest BCUT2D eigenvalue weighted by molar-refractivity contribution is -0.120. The average Bonchev–Trinajstić information content (AvgIpc) is 2.99. The first-order valence-corrected chi connectivity index (χ1v) is 6.62. The summed E-state index contributed by atoms with van der Waals surface area (Å²) in [5.74, 6) is -0.140. The Morgan fingerprint density at radius 1 is 1.43 bits per heavy atom. The topological polar surface area (TPSA) is 99.8 Å². The summed E-state index contributed by atoms with van der Waals surface area (Å²) in [5.41, 5.74) is 0.401. The van der Waals surface area contributed by atoms with E-state index in [1.54, 1.807) is 25.1 Å². The van der Waals surface area contributed by atoms with Crippen LogP contribution in [0.25, 0.3) is 0 Å². The lowest BCUT2D eigenvalue weighted by atomic mass is 10.2. The molecule has 1 unspecified atom stereocenters. The van der Waals surface area contributed by atoms with Gasteiger partial charge in [0.15, 0.2) is 0 Å². The van der Waals surface area contributed by atoms with Gasteiger partial charge in [-0.05, 0) is 25.1 Å². The molecule has 1 aromatic heterocycles. The molecule has 1 atom stereocenters. The van der Waals surface area contributed by atoms with Gasteiger partial charge >= 0.3 is 0 Å². The number of aromatic nitrogens is 3. The predicted octanol–water partition coefficient (Wildman–Crippen LogP) is 1.07. The summed E-state index contributed by atoms with van der Waals surface area (Å²) >= 11 is 5.80. The van der Waals surface area contributed by atoms with Crippen molar-refractivity contribution in [2.75, 3.05) is 6.54 Å². The molecule has 0 fully saturated rings. The molecular weight excluding hydrogens is 294 g/mol. The van der Waals surface area contributed by atoms with E-state index in [-0.39, 0.29) is 24.4 Å². The van der Waals surface area contributed by atoms with E-state index in [0.717, 1.165) is 0 Å². The number of rotatable bonds is 5. The van der Waals surface area contributed by atoms with Gasteiger partial charge in [0.25, 0.3) is 5.91 Å². The summed E-state index contributed by atoms with van der Waals surface area (Å²) in [4.78, 5) is 27.5. The number of carbonyl (C=O) groups excluding carboxylic acids is 2. The maximum atomic E-state index is 11.8. The number of nitrogens with zero attached hydrogens (tertiary/aromatic N) is 2. The second kappa shape index (κ2) is 6.85. The van der Waals surface area contributed by atoms with E-state index < -0.39 is 0 Å². The normalized spacial score (nSPS) is 11.7. The Kier molecular flexibility index (Phi) is 4.89. The summed E-state index contributed by atoms with van der Waals surface area (Å²) in [5, 5.41) is 12.0. The van der Waals surface area contributed by atoms with Crippen LogP contribution in [0.2, 0.25) is 5.02 Å². The van der Waals surface area contributed by atoms with Crippen LogP contribution in [0.4, 0.5) is 0 Å². The number of amides is 2. The number of halogens is 1. The van der Waals surface area contributed by atoms with Crippen LogP contribution in [0.5, 0.6) is 0 Å². The SMILES string of the molecule is CC(NC(=O)CNC(=O)c1cccc(Cl)c1)c1ncn[nH]1. The van der Waals surface area contributed by atoms with Crippen LogP contribution < -0.4 is 10.6 Å². The molecular formula is C13H14ClN5O2. The highest BCUT2D eigenvalue weighted by molar-refractivity contribution is 6.30. The van der Waals surface area contributed by atoms with Crippen molar-refractivity contribution in [1.29, 1.82) is 0 Å². The van der Waals surface area contributed by atoms with Crippen molar-refractivity contribution >= 4 is 23.4 Å². The molecule has 3 N–H and O–H groups in total. The maximum Gasteiger partial charge on any atom is 0.251 e.